The summed E-state index contributed by atoms with van der Waals surface area (Å²) in [7, 11) is 0. The molecule has 1 aliphatic heterocycles. The summed E-state index contributed by atoms with van der Waals surface area (Å²) in [4.78, 5) is 113. The highest BCUT2D eigenvalue weighted by Gasteiger charge is 2.34. The molecule has 4 fully saturated rings. The number of nitrogens with one attached hydrogen (secondary N) is 1. The molecular formula is C104H144BrN3O13S9. The van der Waals surface area contributed by atoms with Crippen LogP contribution in [0.15, 0.2) is 22.5 Å². The van der Waals surface area contributed by atoms with Crippen LogP contribution in [0.4, 0.5) is 10.0 Å². The van der Waals surface area contributed by atoms with Gasteiger partial charge in [-0.05, 0) is 366 Å². The van der Waals surface area contributed by atoms with Gasteiger partial charge >= 0.3 is 23.9 Å². The third kappa shape index (κ3) is 32.7. The number of ketones is 3. The van der Waals surface area contributed by atoms with Gasteiger partial charge in [0.1, 0.15) is 10.8 Å². The minimum atomic E-state index is -0.389. The van der Waals surface area contributed by atoms with Crippen LogP contribution in [-0.2, 0) is 91.4 Å². The number of hydrogen-bond donors (Lipinski definition) is 3. The monoisotopic (exact) mass is 2010 g/mol. The van der Waals surface area contributed by atoms with Crippen molar-refractivity contribution in [3.63, 3.8) is 0 Å². The number of thiophene rings is 9. The summed E-state index contributed by atoms with van der Waals surface area (Å²) in [5.41, 5.74) is 25.2. The molecule has 10 heterocycles. The first-order valence-electron chi connectivity index (χ1n) is 45.6. The molecule has 9 aromatic rings. The number of aryl methyl sites for hydroxylation is 14. The fourth-order valence-corrected chi connectivity index (χ4v) is 25.1. The number of rotatable bonds is 25. The van der Waals surface area contributed by atoms with Crippen molar-refractivity contribution in [2.45, 2.75) is 315 Å². The van der Waals surface area contributed by atoms with Crippen LogP contribution in [-0.4, -0.2) is 85.1 Å². The number of aliphatic hydroxyl groups excluding tert-OH is 1. The second-order valence-corrected chi connectivity index (χ2v) is 45.7. The molecule has 0 spiro atoms. The van der Waals surface area contributed by atoms with Gasteiger partial charge in [-0.1, -0.05) is 47.3 Å². The second kappa shape index (κ2) is 55.8. The summed E-state index contributed by atoms with van der Waals surface area (Å²) in [6, 6.07) is 0.810. The maximum Gasteiger partial charge on any atom is 0.341 e. The summed E-state index contributed by atoms with van der Waals surface area (Å²) in [6.45, 7) is 68.0. The van der Waals surface area contributed by atoms with E-state index in [0.717, 1.165) is 176 Å². The summed E-state index contributed by atoms with van der Waals surface area (Å²) in [5, 5.41) is 13.8. The molecule has 1 unspecified atom stereocenters. The Kier molecular flexibility index (Phi) is 48.7. The first kappa shape index (κ1) is 114. The number of nitrogen functional groups attached to an aromatic ring is 1. The van der Waals surface area contributed by atoms with Crippen LogP contribution in [0, 0.1) is 155 Å². The number of ether oxygens (including phenoxy) is 4. The predicted octanol–water partition coefficient (Wildman–Crippen LogP) is 29.1. The van der Waals surface area contributed by atoms with E-state index in [0.29, 0.717) is 82.4 Å². The Morgan fingerprint density at radius 1 is 0.462 bits per heavy atom. The first-order valence-corrected chi connectivity index (χ1v) is 53.8. The molecule has 14 rings (SSSR count). The van der Waals surface area contributed by atoms with E-state index in [-0.39, 0.29) is 37.7 Å². The molecule has 0 saturated heterocycles. The van der Waals surface area contributed by atoms with Crippen LogP contribution in [0.2, 0.25) is 0 Å². The number of nitrogens with zero attached hydrogens (tertiary/aromatic N) is 1. The van der Waals surface area contributed by atoms with Crippen LogP contribution in [0.3, 0.4) is 0 Å². The zero-order valence-corrected chi connectivity index (χ0v) is 91.0. The lowest BCUT2D eigenvalue weighted by Crippen LogP contribution is -2.28. The van der Waals surface area contributed by atoms with Crippen molar-refractivity contribution >= 4 is 182 Å². The summed E-state index contributed by atoms with van der Waals surface area (Å²) in [5.74, 6) is 2.02. The normalized spacial score (nSPS) is 13.8. The average molecular weight is 2010 g/mol. The van der Waals surface area contributed by atoms with Gasteiger partial charge in [-0.3, -0.25) is 19.2 Å². The fourth-order valence-electron chi connectivity index (χ4n) is 14.4. The number of aliphatic hydroxyl groups is 1. The average Bonchev–Trinajstić information content (AvgIpc) is 1.45. The topological polar surface area (TPSA) is 236 Å². The number of anilines is 1. The van der Waals surface area contributed by atoms with Gasteiger partial charge in [-0.15, -0.1) is 90.7 Å². The summed E-state index contributed by atoms with van der Waals surface area (Å²) in [6.07, 6.45) is 25.2. The number of esters is 4. The van der Waals surface area contributed by atoms with Gasteiger partial charge in [0.15, 0.2) is 17.9 Å². The Labute approximate surface area is 821 Å². The van der Waals surface area contributed by atoms with Gasteiger partial charge < -0.3 is 35.1 Å². The molecule has 0 radical (unpaired) electrons. The minimum absolute atomic E-state index is 0. The first-order chi connectivity index (χ1) is 61.6. The van der Waals surface area contributed by atoms with E-state index >= 15 is 0 Å². The molecule has 0 bridgehead atoms. The summed E-state index contributed by atoms with van der Waals surface area (Å²) < 4.78 is 20.6. The SMILES string of the molecule is C=CC(=O)C1CC1.CCOC(=O)c1c(Br)sc(C)c1C.CCOC(=O)c1c(CC)sc(C)c1C.CCOC(=O)c1c(N)sc(C)c1C.CCc1sc(C)c(C)c1/C=C/C(=O)C1CC1.CCc1sc(C)c(C)c1C=O.CCc1sc(C)c(C)c1CCC(=O)C1CC1.CCc1sc(C)c(C)c1CO.Cc1sc2c(c1C)CCC(C1CC1)NC2.[C-]#[N+]c1sc(C)c(C)c1C(=O)OCC.[HH]. The molecule has 9 aromatic heterocycles. The highest BCUT2D eigenvalue weighted by Crippen LogP contribution is 2.42. The second-order valence-electron chi connectivity index (χ2n) is 32.8. The van der Waals surface area contributed by atoms with Crippen LogP contribution in [0.1, 0.15) is 325 Å². The van der Waals surface area contributed by atoms with Crippen LogP contribution < -0.4 is 11.1 Å². The van der Waals surface area contributed by atoms with E-state index < -0.39 is 0 Å². The lowest BCUT2D eigenvalue weighted by atomic mass is 10.0. The zero-order chi connectivity index (χ0) is 97.4. The lowest BCUT2D eigenvalue weighted by Gasteiger charge is -2.14. The number of halogens is 1. The van der Waals surface area contributed by atoms with Crippen molar-refractivity contribution in [3.05, 3.63) is 207 Å². The minimum Gasteiger partial charge on any atom is -0.463 e. The van der Waals surface area contributed by atoms with Gasteiger partial charge in [-0.2, -0.15) is 11.3 Å². The Balaban J connectivity index is 0.000000306. The third-order valence-corrected chi connectivity index (χ3v) is 36.1. The highest BCUT2D eigenvalue weighted by atomic mass is 79.9. The molecular weight excluding hydrogens is 1870 g/mol. The maximum atomic E-state index is 11.7. The summed E-state index contributed by atoms with van der Waals surface area (Å²) >= 11 is 18.7. The van der Waals surface area contributed by atoms with Crippen molar-refractivity contribution in [2.75, 3.05) is 32.2 Å². The zero-order valence-electron chi connectivity index (χ0n) is 82.1. The molecule has 26 heteroatoms. The van der Waals surface area contributed by atoms with Crippen molar-refractivity contribution < 1.29 is 63.8 Å². The van der Waals surface area contributed by atoms with Crippen LogP contribution in [0.25, 0.3) is 10.9 Å². The van der Waals surface area contributed by atoms with Crippen molar-refractivity contribution in [1.82, 2.24) is 5.32 Å². The van der Waals surface area contributed by atoms with Gasteiger partial charge in [0.2, 0.25) is 0 Å². The van der Waals surface area contributed by atoms with E-state index in [1.54, 1.807) is 88.2 Å². The number of Topliss-reactive ketones (excluding diaryl/α,β-unsaturated/α-hetero) is 1. The van der Waals surface area contributed by atoms with Crippen molar-refractivity contribution in [2.24, 2.45) is 23.7 Å². The maximum absolute atomic E-state index is 11.7. The third-order valence-electron chi connectivity index (χ3n) is 23.9. The standard InChI is InChI=1S/C14H20OS.C14H18OS.C13H19NS.C11H16O2S.C10H11NO2S.C9H11BrO2S.C9H13NO2S.C9H14OS.C9H12OS.C6H8O.H2/c2*1-4-14-12(9(2)10(3)16-14)7-8-13(15)11-5-6-11;1-8-9(2)15-13-7-14-12(10-3-4-10)6-5-11(8)13;1-5-9-10(11(12)13-6-2)7(3)8(4)14-9;1-5-13-10(12)8-6(2)7(3)14-9(8)11-4;2*1-4-12-9(11)7-5(2)6(3)13-8(7)10;2*1-4-9-8(5-10)6(2)7(3)11-9;1-2-6(7)5-3-4-5;/h11H,4-8H2,1-3H3;7-8,11H,4-6H2,1-3H3;10,12,14H,3-7H2,1-2H3;5-6H2,1-4H3;5H2,1-3H3;4H2,1-3H3;4,10H2,1-3H3;10H,4-5H2,1-3H3;5H,4H2,1-3H3;2,5H,1,3-4H2;1H/b;8-7+;;;;;;;;;. The molecule has 4 aliphatic carbocycles. The van der Waals surface area contributed by atoms with E-state index in [9.17, 15) is 38.4 Å². The van der Waals surface area contributed by atoms with Gasteiger partial charge in [0, 0.05) is 112 Å². The molecule has 714 valence electrons. The number of allylic oxidation sites excluding steroid dienone is 2. The Hall–Kier alpha value is -6.97. The lowest BCUT2D eigenvalue weighted by molar-refractivity contribution is -0.120. The molecule has 5 aliphatic rings. The van der Waals surface area contributed by atoms with Gasteiger partial charge in [-0.25, -0.2) is 24.0 Å². The molecule has 4 N–H and O–H groups in total. The van der Waals surface area contributed by atoms with E-state index in [4.69, 9.17) is 36.4 Å². The highest BCUT2D eigenvalue weighted by molar-refractivity contribution is 9.11. The van der Waals surface area contributed by atoms with Crippen molar-refractivity contribution in [3.8, 4) is 0 Å². The number of aldehydes is 1. The Morgan fingerprint density at radius 3 is 1.28 bits per heavy atom. The van der Waals surface area contributed by atoms with Gasteiger partial charge in [0.25, 0.3) is 5.00 Å². The smallest absolute Gasteiger partial charge is 0.341 e. The Bertz CT molecular complexity index is 5340. The molecule has 1 atom stereocenters. The predicted molar refractivity (Wildman–Crippen MR) is 559 cm³/mol. The number of nitrogens with two attached hydrogens (primary N) is 1. The quantitative estimate of drug-likeness (QED) is 0.0159. The van der Waals surface area contributed by atoms with Crippen LogP contribution in [0.5, 0.6) is 0 Å². The van der Waals surface area contributed by atoms with E-state index in [1.165, 1.54) is 131 Å². The number of hydrogen-bond acceptors (Lipinski definition) is 24. The number of carbonyl (C=O) groups excluding carboxylic acids is 8. The van der Waals surface area contributed by atoms with Gasteiger partial charge in [0.05, 0.1) is 65.6 Å². The molecule has 16 nitrogen and oxygen atoms in total. The van der Waals surface area contributed by atoms with E-state index in [2.05, 4.69) is 130 Å². The van der Waals surface area contributed by atoms with Crippen molar-refractivity contribution in [1.29, 1.82) is 0 Å². The van der Waals surface area contributed by atoms with Crippen LogP contribution >= 0.6 is 118 Å². The number of carbonyl (C=O) groups is 8. The molecule has 0 aromatic carbocycles. The molecule has 0 amide bonds. The molecule has 130 heavy (non-hydrogen) atoms. The Morgan fingerprint density at radius 2 is 0.854 bits per heavy atom. The van der Waals surface area contributed by atoms with E-state index in [1.807, 2.05) is 109 Å². The molecule has 4 saturated carbocycles. The largest absolute Gasteiger partial charge is 0.463 e. The fraction of sp³-hybridized carbons (Fsp3) is 0.529. The number of fused-ring (bicyclic) bond motifs is 1.